The number of nitrogens with two attached hydrogens (primary N) is 1. The monoisotopic (exact) mass is 468 g/mol. The van der Waals surface area contributed by atoms with E-state index in [-0.39, 0.29) is 0 Å². The Bertz CT molecular complexity index is 1400. The molecular weight excluding hydrogens is 440 g/mol. The molecule has 7 heteroatoms. The van der Waals surface area contributed by atoms with Gasteiger partial charge in [0.2, 0.25) is 0 Å². The first-order valence-electron chi connectivity index (χ1n) is 11.6. The number of amides is 1. The minimum Gasteiger partial charge on any atom is -0.497 e. The number of nitrogens with one attached hydrogen (secondary N) is 1. The predicted octanol–water partition coefficient (Wildman–Crippen LogP) is 4.90. The molecule has 1 fully saturated rings. The van der Waals surface area contributed by atoms with Crippen LogP contribution in [0.25, 0.3) is 22.0 Å². The summed E-state index contributed by atoms with van der Waals surface area (Å²) in [6, 6.07) is 20.3. The van der Waals surface area contributed by atoms with Crippen molar-refractivity contribution in [2.24, 2.45) is 5.73 Å². The van der Waals surface area contributed by atoms with Crippen LogP contribution in [0.1, 0.15) is 15.9 Å². The zero-order valence-electron chi connectivity index (χ0n) is 19.9. The van der Waals surface area contributed by atoms with Crippen molar-refractivity contribution in [1.82, 2.24) is 4.98 Å². The van der Waals surface area contributed by atoms with Gasteiger partial charge in [-0.1, -0.05) is 18.2 Å². The number of nitrogens with zero attached hydrogens (tertiary/aromatic N) is 2. The summed E-state index contributed by atoms with van der Waals surface area (Å²) in [5.41, 5.74) is 12.6. The highest BCUT2D eigenvalue weighted by molar-refractivity contribution is 6.09. The number of carbonyl (C=O) groups excluding carboxylic acids is 1. The van der Waals surface area contributed by atoms with Crippen molar-refractivity contribution in [3.63, 3.8) is 0 Å². The molecule has 1 amide bonds. The number of morpholine rings is 1. The average Bonchev–Trinajstić information content (AvgIpc) is 2.89. The second-order valence-electron chi connectivity index (χ2n) is 8.61. The topological polar surface area (TPSA) is 89.7 Å². The van der Waals surface area contributed by atoms with E-state index in [1.807, 2.05) is 31.2 Å². The van der Waals surface area contributed by atoms with E-state index in [2.05, 4.69) is 51.6 Å². The van der Waals surface area contributed by atoms with E-state index >= 15 is 0 Å². The molecule has 2 heterocycles. The van der Waals surface area contributed by atoms with Gasteiger partial charge in [0.25, 0.3) is 5.91 Å². The molecule has 1 saturated heterocycles. The van der Waals surface area contributed by atoms with Crippen LogP contribution in [0.5, 0.6) is 5.75 Å². The molecule has 0 atom stereocenters. The Morgan fingerprint density at radius 1 is 1.06 bits per heavy atom. The van der Waals surface area contributed by atoms with E-state index in [1.165, 1.54) is 5.69 Å². The number of anilines is 3. The Labute approximate surface area is 204 Å². The summed E-state index contributed by atoms with van der Waals surface area (Å²) in [6.07, 6.45) is 1.54. The molecule has 0 radical (unpaired) electrons. The summed E-state index contributed by atoms with van der Waals surface area (Å²) in [6.45, 7) is 5.26. The third-order valence-corrected chi connectivity index (χ3v) is 6.32. The molecule has 4 aromatic rings. The molecule has 1 aliphatic heterocycles. The summed E-state index contributed by atoms with van der Waals surface area (Å²) in [4.78, 5) is 19.3. The number of methoxy groups -OCH3 is 1. The van der Waals surface area contributed by atoms with Gasteiger partial charge in [-0.25, -0.2) is 0 Å². The smallest absolute Gasteiger partial charge is 0.252 e. The second-order valence-corrected chi connectivity index (χ2v) is 8.61. The Hall–Kier alpha value is -4.10. The summed E-state index contributed by atoms with van der Waals surface area (Å²) >= 11 is 0. The Balaban J connectivity index is 1.63. The molecule has 178 valence electrons. The van der Waals surface area contributed by atoms with Crippen molar-refractivity contribution < 1.29 is 14.3 Å². The van der Waals surface area contributed by atoms with Gasteiger partial charge in [0.1, 0.15) is 5.75 Å². The van der Waals surface area contributed by atoms with Crippen molar-refractivity contribution >= 4 is 33.9 Å². The van der Waals surface area contributed by atoms with Crippen LogP contribution in [0.4, 0.5) is 17.1 Å². The highest BCUT2D eigenvalue weighted by atomic mass is 16.5. The summed E-state index contributed by atoms with van der Waals surface area (Å²) < 4.78 is 10.9. The van der Waals surface area contributed by atoms with Crippen molar-refractivity contribution in [1.29, 1.82) is 0 Å². The Morgan fingerprint density at radius 2 is 1.86 bits per heavy atom. The van der Waals surface area contributed by atoms with Crippen molar-refractivity contribution in [3.8, 4) is 16.9 Å². The van der Waals surface area contributed by atoms with Gasteiger partial charge in [-0.2, -0.15) is 0 Å². The van der Waals surface area contributed by atoms with Gasteiger partial charge >= 0.3 is 0 Å². The van der Waals surface area contributed by atoms with Crippen molar-refractivity contribution in [2.45, 2.75) is 6.92 Å². The lowest BCUT2D eigenvalue weighted by atomic mass is 9.97. The number of fused-ring (bicyclic) bond motifs is 1. The number of carbonyl (C=O) groups is 1. The molecule has 1 aromatic heterocycles. The molecule has 0 saturated carbocycles. The highest BCUT2D eigenvalue weighted by Crippen LogP contribution is 2.36. The lowest BCUT2D eigenvalue weighted by Gasteiger charge is -2.29. The number of pyridine rings is 1. The fourth-order valence-electron chi connectivity index (χ4n) is 4.52. The third-order valence-electron chi connectivity index (χ3n) is 6.32. The zero-order valence-corrected chi connectivity index (χ0v) is 19.9. The molecular formula is C28H28N4O3. The van der Waals surface area contributed by atoms with Crippen LogP contribution in [0.2, 0.25) is 0 Å². The highest BCUT2D eigenvalue weighted by Gasteiger charge is 2.17. The van der Waals surface area contributed by atoms with Crippen LogP contribution >= 0.6 is 0 Å². The number of hydrogen-bond donors (Lipinski definition) is 2. The maximum atomic E-state index is 12.3. The maximum absolute atomic E-state index is 12.3. The molecule has 5 rings (SSSR count). The van der Waals surface area contributed by atoms with Gasteiger partial charge in [0.05, 0.1) is 37.1 Å². The SMILES string of the molecule is COc1cccc(Nc2c(C(N)=O)cnc3c(C)cc(-c4cccc(N5CCOCC5)c4)cc23)c1. The first-order valence-corrected chi connectivity index (χ1v) is 11.6. The molecule has 0 unspecified atom stereocenters. The number of ether oxygens (including phenoxy) is 2. The van der Waals surface area contributed by atoms with Gasteiger partial charge in [-0.05, 0) is 60.0 Å². The molecule has 1 aliphatic rings. The predicted molar refractivity (Wildman–Crippen MR) is 140 cm³/mol. The van der Waals surface area contributed by atoms with E-state index < -0.39 is 5.91 Å². The fourth-order valence-corrected chi connectivity index (χ4v) is 4.52. The number of aromatic nitrogens is 1. The van der Waals surface area contributed by atoms with Crippen LogP contribution in [0.15, 0.2) is 66.9 Å². The fraction of sp³-hybridized carbons (Fsp3) is 0.214. The molecule has 3 N–H and O–H groups in total. The lowest BCUT2D eigenvalue weighted by Crippen LogP contribution is -2.36. The Kier molecular flexibility index (Phi) is 6.25. The van der Waals surface area contributed by atoms with Gasteiger partial charge < -0.3 is 25.4 Å². The maximum Gasteiger partial charge on any atom is 0.252 e. The molecule has 7 nitrogen and oxygen atoms in total. The summed E-state index contributed by atoms with van der Waals surface area (Å²) in [5.74, 6) is 0.174. The lowest BCUT2D eigenvalue weighted by molar-refractivity contribution is 0.100. The van der Waals surface area contributed by atoms with Gasteiger partial charge in [0.15, 0.2) is 0 Å². The summed E-state index contributed by atoms with van der Waals surface area (Å²) in [7, 11) is 1.62. The third kappa shape index (κ3) is 4.63. The molecule has 0 spiro atoms. The van der Waals surface area contributed by atoms with E-state index in [9.17, 15) is 4.79 Å². The van der Waals surface area contributed by atoms with Crippen LogP contribution in [-0.2, 0) is 4.74 Å². The number of hydrogen-bond acceptors (Lipinski definition) is 6. The first-order chi connectivity index (χ1) is 17.0. The minimum absolute atomic E-state index is 0.332. The molecule has 3 aromatic carbocycles. The molecule has 0 aliphatic carbocycles. The van der Waals surface area contributed by atoms with Crippen LogP contribution in [-0.4, -0.2) is 44.3 Å². The van der Waals surface area contributed by atoms with Crippen LogP contribution < -0.4 is 20.7 Å². The quantitative estimate of drug-likeness (QED) is 0.418. The van der Waals surface area contributed by atoms with E-state index in [1.54, 1.807) is 13.3 Å². The largest absolute Gasteiger partial charge is 0.497 e. The number of rotatable bonds is 6. The van der Waals surface area contributed by atoms with Crippen molar-refractivity contribution in [2.75, 3.05) is 43.6 Å². The normalized spacial score (nSPS) is 13.6. The standard InChI is InChI=1S/C28H28N4O3/c1-18-13-20(19-5-3-7-22(14-19)32-9-11-35-12-10-32)15-24-26(18)30-17-25(28(29)33)27(24)31-21-6-4-8-23(16-21)34-2/h3-8,13-17H,9-12H2,1-2H3,(H2,29,33)(H,30,31). The Morgan fingerprint density at radius 3 is 2.63 bits per heavy atom. The van der Waals surface area contributed by atoms with Gasteiger partial charge in [-0.3, -0.25) is 9.78 Å². The number of primary amides is 1. The van der Waals surface area contributed by atoms with Gasteiger partial charge in [-0.15, -0.1) is 0 Å². The van der Waals surface area contributed by atoms with Crippen LogP contribution in [0, 0.1) is 6.92 Å². The average molecular weight is 469 g/mol. The second kappa shape index (κ2) is 9.64. The number of aryl methyl sites for hydroxylation is 1. The summed E-state index contributed by atoms with van der Waals surface area (Å²) in [5, 5.41) is 4.23. The van der Waals surface area contributed by atoms with E-state index in [0.29, 0.717) is 17.0 Å². The minimum atomic E-state index is -0.540. The zero-order chi connectivity index (χ0) is 24.4. The number of benzene rings is 3. The molecule has 0 bridgehead atoms. The van der Waals surface area contributed by atoms with E-state index in [0.717, 1.165) is 59.6 Å². The van der Waals surface area contributed by atoms with E-state index in [4.69, 9.17) is 15.2 Å². The van der Waals surface area contributed by atoms with Crippen molar-refractivity contribution in [3.05, 3.63) is 78.0 Å². The first kappa shape index (κ1) is 22.7. The van der Waals surface area contributed by atoms with Gasteiger partial charge in [0, 0.05) is 42.1 Å². The van der Waals surface area contributed by atoms with Crippen LogP contribution in [0.3, 0.4) is 0 Å². The molecule has 35 heavy (non-hydrogen) atoms.